The third-order valence-electron chi connectivity index (χ3n) is 1.84. The zero-order valence-corrected chi connectivity index (χ0v) is 8.16. The SMILES string of the molecule is CCOCn1ccc(C(O)C(F)(F)F)c1. The first-order valence-corrected chi connectivity index (χ1v) is 4.43. The molecule has 0 saturated carbocycles. The molecule has 0 saturated heterocycles. The van der Waals surface area contributed by atoms with Crippen LogP contribution in [-0.4, -0.2) is 22.5 Å². The molecule has 1 heterocycles. The highest BCUT2D eigenvalue weighted by Crippen LogP contribution is 2.32. The Labute approximate surface area is 85.1 Å². The van der Waals surface area contributed by atoms with Gasteiger partial charge in [-0.1, -0.05) is 0 Å². The number of aromatic nitrogens is 1. The van der Waals surface area contributed by atoms with Crippen molar-refractivity contribution in [1.29, 1.82) is 0 Å². The number of hydrogen-bond donors (Lipinski definition) is 1. The van der Waals surface area contributed by atoms with E-state index in [1.165, 1.54) is 23.0 Å². The molecule has 0 fully saturated rings. The molecule has 0 aliphatic heterocycles. The van der Waals surface area contributed by atoms with E-state index in [-0.39, 0.29) is 12.3 Å². The molecule has 6 heteroatoms. The molecule has 1 unspecified atom stereocenters. The Morgan fingerprint density at radius 3 is 2.73 bits per heavy atom. The fourth-order valence-corrected chi connectivity index (χ4v) is 1.09. The number of ether oxygens (including phenoxy) is 1. The molecule has 1 atom stereocenters. The van der Waals surface area contributed by atoms with E-state index in [0.717, 1.165) is 0 Å². The van der Waals surface area contributed by atoms with Gasteiger partial charge in [-0.05, 0) is 13.0 Å². The Morgan fingerprint density at radius 1 is 1.53 bits per heavy atom. The summed E-state index contributed by atoms with van der Waals surface area (Å²) < 4.78 is 42.8. The van der Waals surface area contributed by atoms with Gasteiger partial charge in [-0.2, -0.15) is 13.2 Å². The van der Waals surface area contributed by atoms with Crippen LogP contribution < -0.4 is 0 Å². The summed E-state index contributed by atoms with van der Waals surface area (Å²) in [6.07, 6.45) is -4.41. The molecule has 0 radical (unpaired) electrons. The monoisotopic (exact) mass is 223 g/mol. The molecule has 15 heavy (non-hydrogen) atoms. The van der Waals surface area contributed by atoms with E-state index in [1.54, 1.807) is 6.92 Å². The number of aliphatic hydroxyl groups is 1. The molecular formula is C9H12F3NO2. The lowest BCUT2D eigenvalue weighted by molar-refractivity contribution is -0.206. The molecule has 0 aliphatic rings. The molecule has 0 spiro atoms. The van der Waals surface area contributed by atoms with Crippen molar-refractivity contribution >= 4 is 0 Å². The zero-order chi connectivity index (χ0) is 11.5. The van der Waals surface area contributed by atoms with Gasteiger partial charge in [0, 0.05) is 24.6 Å². The van der Waals surface area contributed by atoms with E-state index < -0.39 is 12.3 Å². The van der Waals surface area contributed by atoms with E-state index in [4.69, 9.17) is 9.84 Å². The van der Waals surface area contributed by atoms with E-state index in [0.29, 0.717) is 6.61 Å². The summed E-state index contributed by atoms with van der Waals surface area (Å²) >= 11 is 0. The van der Waals surface area contributed by atoms with Crippen LogP contribution in [0.3, 0.4) is 0 Å². The predicted octanol–water partition coefficient (Wildman–Crippen LogP) is 2.08. The maximum Gasteiger partial charge on any atom is 0.418 e. The lowest BCUT2D eigenvalue weighted by Gasteiger charge is -2.12. The summed E-state index contributed by atoms with van der Waals surface area (Å²) in [6.45, 7) is 2.45. The molecule has 0 bridgehead atoms. The van der Waals surface area contributed by atoms with Gasteiger partial charge in [-0.25, -0.2) is 0 Å². The second-order valence-electron chi connectivity index (χ2n) is 3.03. The van der Waals surface area contributed by atoms with E-state index in [1.807, 2.05) is 0 Å². The summed E-state index contributed by atoms with van der Waals surface area (Å²) in [5, 5.41) is 8.92. The Balaban J connectivity index is 2.67. The van der Waals surface area contributed by atoms with Crippen LogP contribution in [0.25, 0.3) is 0 Å². The summed E-state index contributed by atoms with van der Waals surface area (Å²) in [5.41, 5.74) is -0.179. The summed E-state index contributed by atoms with van der Waals surface area (Å²) in [6, 6.07) is 1.22. The third kappa shape index (κ3) is 3.24. The van der Waals surface area contributed by atoms with Crippen molar-refractivity contribution in [1.82, 2.24) is 4.57 Å². The molecule has 1 aromatic rings. The quantitative estimate of drug-likeness (QED) is 0.847. The molecule has 1 N–H and O–H groups in total. The first kappa shape index (κ1) is 12.1. The number of halogens is 3. The average molecular weight is 223 g/mol. The van der Waals surface area contributed by atoms with Crippen molar-refractivity contribution in [2.24, 2.45) is 0 Å². The van der Waals surface area contributed by atoms with Crippen molar-refractivity contribution in [2.75, 3.05) is 6.61 Å². The van der Waals surface area contributed by atoms with Crippen LogP contribution in [0.4, 0.5) is 13.2 Å². The zero-order valence-electron chi connectivity index (χ0n) is 8.16. The van der Waals surface area contributed by atoms with Gasteiger partial charge in [-0.15, -0.1) is 0 Å². The van der Waals surface area contributed by atoms with Gasteiger partial charge < -0.3 is 14.4 Å². The molecule has 3 nitrogen and oxygen atoms in total. The van der Waals surface area contributed by atoms with Crippen molar-refractivity contribution in [3.63, 3.8) is 0 Å². The molecule has 0 aromatic carbocycles. The van der Waals surface area contributed by atoms with E-state index in [2.05, 4.69) is 0 Å². The average Bonchev–Trinajstić information content (AvgIpc) is 2.60. The van der Waals surface area contributed by atoms with Crippen LogP contribution in [0.5, 0.6) is 0 Å². The van der Waals surface area contributed by atoms with Crippen LogP contribution in [-0.2, 0) is 11.5 Å². The Morgan fingerprint density at radius 2 is 2.20 bits per heavy atom. The van der Waals surface area contributed by atoms with Gasteiger partial charge in [0.05, 0.1) is 0 Å². The molecule has 1 rings (SSSR count). The number of nitrogens with zero attached hydrogens (tertiary/aromatic N) is 1. The lowest BCUT2D eigenvalue weighted by atomic mass is 10.2. The minimum atomic E-state index is -4.63. The second kappa shape index (κ2) is 4.67. The highest BCUT2D eigenvalue weighted by Gasteiger charge is 2.39. The molecule has 86 valence electrons. The van der Waals surface area contributed by atoms with Crippen LogP contribution >= 0.6 is 0 Å². The lowest BCUT2D eigenvalue weighted by Crippen LogP contribution is -2.19. The highest BCUT2D eigenvalue weighted by molar-refractivity contribution is 5.14. The molecular weight excluding hydrogens is 211 g/mol. The number of hydrogen-bond acceptors (Lipinski definition) is 2. The van der Waals surface area contributed by atoms with Gasteiger partial charge in [0.1, 0.15) is 6.73 Å². The highest BCUT2D eigenvalue weighted by atomic mass is 19.4. The van der Waals surface area contributed by atoms with Gasteiger partial charge in [-0.3, -0.25) is 0 Å². The predicted molar refractivity (Wildman–Crippen MR) is 47.1 cm³/mol. The minimum Gasteiger partial charge on any atom is -0.379 e. The second-order valence-corrected chi connectivity index (χ2v) is 3.03. The van der Waals surface area contributed by atoms with E-state index >= 15 is 0 Å². The number of aliphatic hydroxyl groups excluding tert-OH is 1. The maximum absolute atomic E-state index is 12.1. The smallest absolute Gasteiger partial charge is 0.379 e. The molecule has 1 aromatic heterocycles. The van der Waals surface area contributed by atoms with Crippen molar-refractivity contribution in [3.8, 4) is 0 Å². The van der Waals surface area contributed by atoms with Gasteiger partial charge in [0.15, 0.2) is 6.10 Å². The summed E-state index contributed by atoms with van der Waals surface area (Å²) in [5.74, 6) is 0. The number of rotatable bonds is 4. The normalized spacial score (nSPS) is 14.2. The van der Waals surface area contributed by atoms with Gasteiger partial charge in [0.2, 0.25) is 0 Å². The maximum atomic E-state index is 12.1. The van der Waals surface area contributed by atoms with Crippen molar-refractivity contribution < 1.29 is 23.0 Å². The van der Waals surface area contributed by atoms with Crippen LogP contribution in [0.2, 0.25) is 0 Å². The first-order valence-electron chi connectivity index (χ1n) is 4.43. The third-order valence-corrected chi connectivity index (χ3v) is 1.84. The summed E-state index contributed by atoms with van der Waals surface area (Å²) in [4.78, 5) is 0. The topological polar surface area (TPSA) is 34.4 Å². The fourth-order valence-electron chi connectivity index (χ4n) is 1.09. The first-order chi connectivity index (χ1) is 6.95. The Bertz CT molecular complexity index is 309. The largest absolute Gasteiger partial charge is 0.418 e. The van der Waals surface area contributed by atoms with Gasteiger partial charge in [0.25, 0.3) is 0 Å². The van der Waals surface area contributed by atoms with Gasteiger partial charge >= 0.3 is 6.18 Å². The van der Waals surface area contributed by atoms with Crippen LogP contribution in [0.15, 0.2) is 18.5 Å². The fraction of sp³-hybridized carbons (Fsp3) is 0.556. The van der Waals surface area contributed by atoms with Crippen molar-refractivity contribution in [3.05, 3.63) is 24.0 Å². The van der Waals surface area contributed by atoms with Crippen molar-refractivity contribution in [2.45, 2.75) is 25.9 Å². The summed E-state index contributed by atoms with van der Waals surface area (Å²) in [7, 11) is 0. The number of alkyl halides is 3. The Kier molecular flexibility index (Phi) is 3.76. The van der Waals surface area contributed by atoms with Crippen LogP contribution in [0.1, 0.15) is 18.6 Å². The van der Waals surface area contributed by atoms with Crippen LogP contribution in [0, 0.1) is 0 Å². The van der Waals surface area contributed by atoms with E-state index in [9.17, 15) is 13.2 Å². The minimum absolute atomic E-state index is 0.179. The standard InChI is InChI=1S/C9H12F3NO2/c1-2-15-6-13-4-3-7(5-13)8(14)9(10,11)12/h3-5,8,14H,2,6H2,1H3. The molecule has 0 amide bonds. The molecule has 0 aliphatic carbocycles. The Hall–Kier alpha value is -1.01.